The van der Waals surface area contributed by atoms with Crippen LogP contribution < -0.4 is 0 Å². The molecule has 12 heavy (non-hydrogen) atoms. The van der Waals surface area contributed by atoms with Gasteiger partial charge in [-0.05, 0) is 0 Å². The molecule has 0 radical (unpaired) electrons. The van der Waals surface area contributed by atoms with Gasteiger partial charge in [0.05, 0.1) is 13.2 Å². The summed E-state index contributed by atoms with van der Waals surface area (Å²) in [5, 5.41) is 8.35. The molecule has 0 heterocycles. The molecule has 0 saturated heterocycles. The van der Waals surface area contributed by atoms with Gasteiger partial charge >= 0.3 is 0 Å². The third-order valence-electron chi connectivity index (χ3n) is 1.00. The molecule has 0 aliphatic rings. The first-order valence-corrected chi connectivity index (χ1v) is 3.70. The van der Waals surface area contributed by atoms with E-state index in [1.54, 1.807) is 19.3 Å². The van der Waals surface area contributed by atoms with Gasteiger partial charge in [-0.3, -0.25) is 0 Å². The molecule has 0 unspecified atom stereocenters. The lowest BCUT2D eigenvalue weighted by Gasteiger charge is -1.91. The molecular weight excluding hydrogens is 156 g/mol. The molecule has 1 N–H and O–H groups in total. The van der Waals surface area contributed by atoms with Crippen LogP contribution in [-0.4, -0.2) is 38.6 Å². The maximum Gasteiger partial charge on any atom is 0.108 e. The number of hydrogen-bond donors (Lipinski definition) is 1. The minimum Gasteiger partial charge on any atom is -0.392 e. The topological polar surface area (TPSA) is 38.7 Å². The Hall–Kier alpha value is -0.820. The second kappa shape index (κ2) is 10.2. The first-order chi connectivity index (χ1) is 5.91. The predicted molar refractivity (Wildman–Crippen MR) is 46.7 cm³/mol. The molecule has 0 aliphatic carbocycles. The zero-order valence-electron chi connectivity index (χ0n) is 7.25. The Balaban J connectivity index is 3.11. The minimum atomic E-state index is 0.0543. The van der Waals surface area contributed by atoms with E-state index in [-0.39, 0.29) is 6.61 Å². The van der Waals surface area contributed by atoms with E-state index in [1.807, 2.05) is 0 Å². The average molecular weight is 170 g/mol. The van der Waals surface area contributed by atoms with Crippen molar-refractivity contribution in [2.75, 3.05) is 33.5 Å². The Bertz CT molecular complexity index is 164. The summed E-state index contributed by atoms with van der Waals surface area (Å²) < 4.78 is 9.77. The highest BCUT2D eigenvalue weighted by Gasteiger charge is 1.76. The number of ether oxygens (including phenoxy) is 2. The summed E-state index contributed by atoms with van der Waals surface area (Å²) in [7, 11) is 1.60. The molecule has 3 nitrogen and oxygen atoms in total. The Morgan fingerprint density at radius 2 is 2.00 bits per heavy atom. The van der Waals surface area contributed by atoms with Crippen LogP contribution in [0.4, 0.5) is 0 Å². The van der Waals surface area contributed by atoms with Crippen LogP contribution in [0.25, 0.3) is 0 Å². The molecule has 0 atom stereocenters. The van der Waals surface area contributed by atoms with Crippen LogP contribution in [0.3, 0.4) is 0 Å². The first kappa shape index (κ1) is 11.2. The molecule has 0 fully saturated rings. The van der Waals surface area contributed by atoms with Crippen molar-refractivity contribution in [2.45, 2.75) is 0 Å². The number of methoxy groups -OCH3 is 1. The molecular formula is C9H14O3. The van der Waals surface area contributed by atoms with E-state index < -0.39 is 0 Å². The summed E-state index contributed by atoms with van der Waals surface area (Å²) in [5.41, 5.74) is 0. The Labute approximate surface area is 73.0 Å². The molecule has 0 aromatic carbocycles. The monoisotopic (exact) mass is 170 g/mol. The summed E-state index contributed by atoms with van der Waals surface area (Å²) in [6.45, 7) is 1.38. The normalized spacial score (nSPS) is 9.83. The fraction of sp³-hybridized carbons (Fsp3) is 0.556. The van der Waals surface area contributed by atoms with Crippen molar-refractivity contribution in [3.8, 4) is 11.8 Å². The van der Waals surface area contributed by atoms with E-state index in [1.165, 1.54) is 0 Å². The lowest BCUT2D eigenvalue weighted by molar-refractivity contribution is 0.197. The molecule has 0 aromatic rings. The van der Waals surface area contributed by atoms with Crippen LogP contribution >= 0.6 is 0 Å². The highest BCUT2D eigenvalue weighted by atomic mass is 16.5. The fourth-order valence-corrected chi connectivity index (χ4v) is 0.495. The standard InChI is InChI=1S/C9H14O3/c1-11-7-4-5-9-12-8-3-2-6-10/h2-3,10H,6-9H2,1H3/b3-2+. The van der Waals surface area contributed by atoms with E-state index in [0.717, 1.165) is 0 Å². The molecule has 0 aromatic heterocycles. The Morgan fingerprint density at radius 1 is 1.25 bits per heavy atom. The van der Waals surface area contributed by atoms with Gasteiger partial charge in [0.1, 0.15) is 13.2 Å². The Morgan fingerprint density at radius 3 is 2.67 bits per heavy atom. The number of hydrogen-bond acceptors (Lipinski definition) is 3. The van der Waals surface area contributed by atoms with Gasteiger partial charge in [0.2, 0.25) is 0 Å². The highest BCUT2D eigenvalue weighted by Crippen LogP contribution is 1.76. The van der Waals surface area contributed by atoms with Crippen LogP contribution in [0.15, 0.2) is 12.2 Å². The van der Waals surface area contributed by atoms with E-state index in [4.69, 9.17) is 14.6 Å². The molecule has 3 heteroatoms. The second-order valence-corrected chi connectivity index (χ2v) is 1.96. The maximum atomic E-state index is 8.35. The SMILES string of the molecule is COCC#CCOC/C=C/CO. The molecule has 0 spiro atoms. The largest absolute Gasteiger partial charge is 0.392 e. The van der Waals surface area contributed by atoms with Gasteiger partial charge in [0.15, 0.2) is 0 Å². The summed E-state index contributed by atoms with van der Waals surface area (Å²) in [4.78, 5) is 0. The summed E-state index contributed by atoms with van der Waals surface area (Å²) in [6.07, 6.45) is 3.38. The van der Waals surface area contributed by atoms with Crippen molar-refractivity contribution in [3.63, 3.8) is 0 Å². The van der Waals surface area contributed by atoms with Crippen molar-refractivity contribution in [3.05, 3.63) is 12.2 Å². The van der Waals surface area contributed by atoms with Crippen molar-refractivity contribution in [2.24, 2.45) is 0 Å². The molecule has 68 valence electrons. The first-order valence-electron chi connectivity index (χ1n) is 3.70. The maximum absolute atomic E-state index is 8.35. The van der Waals surface area contributed by atoms with E-state index in [2.05, 4.69) is 11.8 Å². The second-order valence-electron chi connectivity index (χ2n) is 1.96. The lowest BCUT2D eigenvalue weighted by Crippen LogP contribution is -1.92. The van der Waals surface area contributed by atoms with Crippen molar-refractivity contribution < 1.29 is 14.6 Å². The van der Waals surface area contributed by atoms with Crippen LogP contribution in [-0.2, 0) is 9.47 Å². The van der Waals surface area contributed by atoms with E-state index in [0.29, 0.717) is 19.8 Å². The van der Waals surface area contributed by atoms with Crippen molar-refractivity contribution in [1.29, 1.82) is 0 Å². The van der Waals surface area contributed by atoms with Crippen LogP contribution in [0, 0.1) is 11.8 Å². The van der Waals surface area contributed by atoms with Gasteiger partial charge in [-0.15, -0.1) is 0 Å². The third-order valence-corrected chi connectivity index (χ3v) is 1.00. The van der Waals surface area contributed by atoms with Gasteiger partial charge in [0.25, 0.3) is 0 Å². The number of rotatable bonds is 5. The van der Waals surface area contributed by atoms with Crippen molar-refractivity contribution in [1.82, 2.24) is 0 Å². The molecule has 0 amide bonds. The van der Waals surface area contributed by atoms with Crippen molar-refractivity contribution >= 4 is 0 Å². The lowest BCUT2D eigenvalue weighted by atomic mass is 10.5. The molecule has 0 saturated carbocycles. The zero-order chi connectivity index (χ0) is 9.07. The predicted octanol–water partition coefficient (Wildman–Crippen LogP) is 0.201. The average Bonchev–Trinajstić information content (AvgIpc) is 2.10. The Kier molecular flexibility index (Phi) is 9.48. The van der Waals surface area contributed by atoms with Gasteiger partial charge in [-0.1, -0.05) is 24.0 Å². The summed E-state index contributed by atoms with van der Waals surface area (Å²) >= 11 is 0. The third kappa shape index (κ3) is 9.18. The molecule has 0 rings (SSSR count). The minimum absolute atomic E-state index is 0.0543. The van der Waals surface area contributed by atoms with Crippen LogP contribution in [0.5, 0.6) is 0 Å². The van der Waals surface area contributed by atoms with Crippen LogP contribution in [0.1, 0.15) is 0 Å². The van der Waals surface area contributed by atoms with E-state index >= 15 is 0 Å². The smallest absolute Gasteiger partial charge is 0.108 e. The molecule has 0 aliphatic heterocycles. The van der Waals surface area contributed by atoms with Gasteiger partial charge < -0.3 is 14.6 Å². The van der Waals surface area contributed by atoms with Gasteiger partial charge in [-0.25, -0.2) is 0 Å². The zero-order valence-corrected chi connectivity index (χ0v) is 7.25. The van der Waals surface area contributed by atoms with Gasteiger partial charge in [0, 0.05) is 7.11 Å². The summed E-state index contributed by atoms with van der Waals surface area (Å²) in [6, 6.07) is 0. The number of aliphatic hydroxyl groups excluding tert-OH is 1. The molecule has 0 bridgehead atoms. The number of aliphatic hydroxyl groups is 1. The quantitative estimate of drug-likeness (QED) is 0.364. The van der Waals surface area contributed by atoms with Crippen LogP contribution in [0.2, 0.25) is 0 Å². The fourth-order valence-electron chi connectivity index (χ4n) is 0.495. The van der Waals surface area contributed by atoms with E-state index in [9.17, 15) is 0 Å². The van der Waals surface area contributed by atoms with Gasteiger partial charge in [-0.2, -0.15) is 0 Å². The highest BCUT2D eigenvalue weighted by molar-refractivity contribution is 4.99. The summed E-state index contributed by atoms with van der Waals surface area (Å²) in [5.74, 6) is 5.52.